The van der Waals surface area contributed by atoms with Gasteiger partial charge in [0.1, 0.15) is 5.65 Å². The Bertz CT molecular complexity index is 622. The van der Waals surface area contributed by atoms with Gasteiger partial charge in [-0.15, -0.1) is 0 Å². The van der Waals surface area contributed by atoms with Crippen molar-refractivity contribution >= 4 is 11.3 Å². The first kappa shape index (κ1) is 10.8. The number of hydrogen-bond donors (Lipinski definition) is 1. The van der Waals surface area contributed by atoms with Gasteiger partial charge in [0.05, 0.1) is 24.1 Å². The van der Waals surface area contributed by atoms with Crippen LogP contribution in [0.15, 0.2) is 48.9 Å². The minimum atomic E-state index is 0.701. The van der Waals surface area contributed by atoms with Crippen LogP contribution in [-0.2, 0) is 6.54 Å². The van der Waals surface area contributed by atoms with E-state index in [0.29, 0.717) is 6.54 Å². The quantitative estimate of drug-likeness (QED) is 0.762. The Hall–Kier alpha value is -2.36. The molecule has 4 nitrogen and oxygen atoms in total. The average Bonchev–Trinajstić information content (AvgIpc) is 2.81. The molecule has 0 aliphatic rings. The van der Waals surface area contributed by atoms with Crippen molar-refractivity contribution in [2.24, 2.45) is 0 Å². The maximum atomic E-state index is 4.53. The second-order valence-electron chi connectivity index (χ2n) is 4.24. The number of imidazole rings is 1. The standard InChI is InChI=1S/C14H14N4/c1-11-5-6-12(8-15-11)16-9-13-10-18-7-3-2-4-14(18)17-13/h2-8,10,16H,9H2,1H3. The zero-order valence-corrected chi connectivity index (χ0v) is 10.2. The summed E-state index contributed by atoms with van der Waals surface area (Å²) in [7, 11) is 0. The van der Waals surface area contributed by atoms with Crippen LogP contribution in [0.4, 0.5) is 5.69 Å². The first-order valence-electron chi connectivity index (χ1n) is 5.90. The van der Waals surface area contributed by atoms with Crippen molar-refractivity contribution < 1.29 is 0 Å². The first-order chi connectivity index (χ1) is 8.81. The minimum absolute atomic E-state index is 0.701. The smallest absolute Gasteiger partial charge is 0.137 e. The maximum absolute atomic E-state index is 4.53. The summed E-state index contributed by atoms with van der Waals surface area (Å²) < 4.78 is 2.02. The molecule has 0 radical (unpaired) electrons. The fraction of sp³-hybridized carbons (Fsp3) is 0.143. The summed E-state index contributed by atoms with van der Waals surface area (Å²) in [5.41, 5.74) is 4.02. The topological polar surface area (TPSA) is 42.2 Å². The molecule has 3 rings (SSSR count). The van der Waals surface area contributed by atoms with Crippen LogP contribution in [0.5, 0.6) is 0 Å². The third-order valence-corrected chi connectivity index (χ3v) is 2.80. The Morgan fingerprint density at radius 3 is 2.94 bits per heavy atom. The molecule has 3 aromatic heterocycles. The van der Waals surface area contributed by atoms with Gasteiger partial charge in [-0.1, -0.05) is 6.07 Å². The summed E-state index contributed by atoms with van der Waals surface area (Å²) in [4.78, 5) is 8.77. The van der Waals surface area contributed by atoms with Crippen molar-refractivity contribution in [1.29, 1.82) is 0 Å². The Balaban J connectivity index is 1.74. The largest absolute Gasteiger partial charge is 0.378 e. The molecule has 3 aromatic rings. The molecule has 3 heterocycles. The number of nitrogens with zero attached hydrogens (tertiary/aromatic N) is 3. The van der Waals surface area contributed by atoms with Crippen molar-refractivity contribution in [2.75, 3.05) is 5.32 Å². The van der Waals surface area contributed by atoms with Crippen LogP contribution in [0.3, 0.4) is 0 Å². The number of aryl methyl sites for hydroxylation is 1. The lowest BCUT2D eigenvalue weighted by molar-refractivity contribution is 1.07. The normalized spacial score (nSPS) is 10.7. The summed E-state index contributed by atoms with van der Waals surface area (Å²) in [6, 6.07) is 10.0. The number of pyridine rings is 2. The number of fused-ring (bicyclic) bond motifs is 1. The van der Waals surface area contributed by atoms with Gasteiger partial charge in [-0.05, 0) is 31.2 Å². The number of hydrogen-bond acceptors (Lipinski definition) is 3. The van der Waals surface area contributed by atoms with Crippen molar-refractivity contribution in [1.82, 2.24) is 14.4 Å². The zero-order valence-electron chi connectivity index (χ0n) is 10.2. The molecule has 0 spiro atoms. The third-order valence-electron chi connectivity index (χ3n) is 2.80. The van der Waals surface area contributed by atoms with Crippen molar-refractivity contribution in [3.63, 3.8) is 0 Å². The molecule has 0 amide bonds. The van der Waals surface area contributed by atoms with E-state index in [1.165, 1.54) is 0 Å². The molecule has 0 aromatic carbocycles. The molecule has 0 aliphatic heterocycles. The molecule has 0 bridgehead atoms. The van der Waals surface area contributed by atoms with Crippen molar-refractivity contribution in [2.45, 2.75) is 13.5 Å². The Kier molecular flexibility index (Phi) is 2.68. The first-order valence-corrected chi connectivity index (χ1v) is 5.90. The summed E-state index contributed by atoms with van der Waals surface area (Å²) in [6.45, 7) is 2.68. The molecule has 0 unspecified atom stereocenters. The van der Waals surface area contributed by atoms with E-state index in [2.05, 4.69) is 15.3 Å². The van der Waals surface area contributed by atoms with Gasteiger partial charge in [0.25, 0.3) is 0 Å². The van der Waals surface area contributed by atoms with Crippen LogP contribution >= 0.6 is 0 Å². The van der Waals surface area contributed by atoms with Gasteiger partial charge < -0.3 is 9.72 Å². The van der Waals surface area contributed by atoms with E-state index >= 15 is 0 Å². The van der Waals surface area contributed by atoms with Crippen molar-refractivity contribution in [3.8, 4) is 0 Å². The highest BCUT2D eigenvalue weighted by molar-refractivity contribution is 5.43. The van der Waals surface area contributed by atoms with Gasteiger partial charge in [-0.2, -0.15) is 0 Å². The van der Waals surface area contributed by atoms with Crippen LogP contribution in [-0.4, -0.2) is 14.4 Å². The molecule has 0 saturated carbocycles. The number of nitrogens with one attached hydrogen (secondary N) is 1. The van der Waals surface area contributed by atoms with Gasteiger partial charge in [-0.3, -0.25) is 4.98 Å². The molecular weight excluding hydrogens is 224 g/mol. The van der Waals surface area contributed by atoms with E-state index in [0.717, 1.165) is 22.7 Å². The van der Waals surface area contributed by atoms with E-state index in [1.807, 2.05) is 60.2 Å². The third kappa shape index (κ3) is 2.18. The Morgan fingerprint density at radius 2 is 2.17 bits per heavy atom. The number of rotatable bonds is 3. The highest BCUT2D eigenvalue weighted by Gasteiger charge is 2.00. The number of aromatic nitrogens is 3. The second kappa shape index (κ2) is 4.49. The van der Waals surface area contributed by atoms with Gasteiger partial charge >= 0.3 is 0 Å². The van der Waals surface area contributed by atoms with Crippen LogP contribution in [0.1, 0.15) is 11.4 Å². The van der Waals surface area contributed by atoms with Gasteiger partial charge in [0.2, 0.25) is 0 Å². The van der Waals surface area contributed by atoms with Gasteiger partial charge in [-0.25, -0.2) is 4.98 Å². The summed E-state index contributed by atoms with van der Waals surface area (Å²) in [5.74, 6) is 0. The van der Waals surface area contributed by atoms with Gasteiger partial charge in [0.15, 0.2) is 0 Å². The lowest BCUT2D eigenvalue weighted by atomic mass is 10.3. The molecule has 90 valence electrons. The van der Waals surface area contributed by atoms with Gasteiger partial charge in [0, 0.05) is 18.1 Å². The lowest BCUT2D eigenvalue weighted by Gasteiger charge is -2.03. The molecule has 0 atom stereocenters. The predicted octanol–water partition coefficient (Wildman–Crippen LogP) is 2.65. The summed E-state index contributed by atoms with van der Waals surface area (Å²) >= 11 is 0. The SMILES string of the molecule is Cc1ccc(NCc2cn3ccccc3n2)cn1. The molecule has 0 fully saturated rings. The molecule has 18 heavy (non-hydrogen) atoms. The highest BCUT2D eigenvalue weighted by atomic mass is 15.0. The van der Waals surface area contributed by atoms with E-state index < -0.39 is 0 Å². The second-order valence-corrected chi connectivity index (χ2v) is 4.24. The molecule has 0 saturated heterocycles. The molecule has 0 aliphatic carbocycles. The van der Waals surface area contributed by atoms with Crippen LogP contribution < -0.4 is 5.32 Å². The minimum Gasteiger partial charge on any atom is -0.378 e. The van der Waals surface area contributed by atoms with Crippen molar-refractivity contribution in [3.05, 3.63) is 60.3 Å². The predicted molar refractivity (Wildman–Crippen MR) is 71.5 cm³/mol. The van der Waals surface area contributed by atoms with Crippen LogP contribution in [0.2, 0.25) is 0 Å². The molecular formula is C14H14N4. The van der Waals surface area contributed by atoms with Crippen LogP contribution in [0.25, 0.3) is 5.65 Å². The number of anilines is 1. The van der Waals surface area contributed by atoms with Crippen LogP contribution in [0, 0.1) is 6.92 Å². The fourth-order valence-corrected chi connectivity index (χ4v) is 1.84. The maximum Gasteiger partial charge on any atom is 0.137 e. The lowest BCUT2D eigenvalue weighted by Crippen LogP contribution is -2.00. The Labute approximate surface area is 105 Å². The van der Waals surface area contributed by atoms with E-state index in [9.17, 15) is 0 Å². The van der Waals surface area contributed by atoms with E-state index in [-0.39, 0.29) is 0 Å². The van der Waals surface area contributed by atoms with E-state index in [4.69, 9.17) is 0 Å². The highest BCUT2D eigenvalue weighted by Crippen LogP contribution is 2.09. The molecule has 1 N–H and O–H groups in total. The fourth-order valence-electron chi connectivity index (χ4n) is 1.84. The Morgan fingerprint density at radius 1 is 1.22 bits per heavy atom. The monoisotopic (exact) mass is 238 g/mol. The average molecular weight is 238 g/mol. The van der Waals surface area contributed by atoms with E-state index in [1.54, 1.807) is 0 Å². The molecule has 4 heteroatoms. The summed E-state index contributed by atoms with van der Waals surface area (Å²) in [5, 5.41) is 3.31. The zero-order chi connectivity index (χ0) is 12.4. The summed E-state index contributed by atoms with van der Waals surface area (Å²) in [6.07, 6.45) is 5.87.